The summed E-state index contributed by atoms with van der Waals surface area (Å²) in [6, 6.07) is -0.347. The zero-order chi connectivity index (χ0) is 12.1. The number of rotatable bonds is 4. The second-order valence-electron chi connectivity index (χ2n) is 4.60. The van der Waals surface area contributed by atoms with E-state index in [1.807, 2.05) is 0 Å². The molecule has 1 N–H and O–H groups in total. The van der Waals surface area contributed by atoms with Crippen LogP contribution in [0.3, 0.4) is 0 Å². The van der Waals surface area contributed by atoms with Gasteiger partial charge in [0, 0.05) is 13.0 Å². The van der Waals surface area contributed by atoms with Gasteiger partial charge in [-0.2, -0.15) is 0 Å². The third-order valence-electron chi connectivity index (χ3n) is 3.20. The van der Waals surface area contributed by atoms with Crippen molar-refractivity contribution in [1.82, 2.24) is 5.32 Å². The van der Waals surface area contributed by atoms with Crippen LogP contribution in [-0.2, 0) is 19.1 Å². The van der Waals surface area contributed by atoms with Gasteiger partial charge in [0.2, 0.25) is 0 Å². The first-order valence-electron chi connectivity index (χ1n) is 6.29. The number of piperidine rings is 1. The molecule has 17 heavy (non-hydrogen) atoms. The SMILES string of the molecule is O=C(CC1NCCCC1=O)OCC1CCCO1. The van der Waals surface area contributed by atoms with Gasteiger partial charge in [0.25, 0.3) is 0 Å². The van der Waals surface area contributed by atoms with Gasteiger partial charge in [0.05, 0.1) is 18.6 Å². The first-order chi connectivity index (χ1) is 8.25. The first-order valence-corrected chi connectivity index (χ1v) is 6.29. The van der Waals surface area contributed by atoms with Crippen LogP contribution < -0.4 is 5.32 Å². The second-order valence-corrected chi connectivity index (χ2v) is 4.60. The Balaban J connectivity index is 1.67. The number of Topliss-reactive ketones (excluding diaryl/α,β-unsaturated/α-hetero) is 1. The monoisotopic (exact) mass is 241 g/mol. The van der Waals surface area contributed by atoms with Gasteiger partial charge in [-0.1, -0.05) is 0 Å². The fourth-order valence-electron chi connectivity index (χ4n) is 2.20. The Bertz CT molecular complexity index is 286. The molecular formula is C12H19NO4. The molecule has 2 atom stereocenters. The van der Waals surface area contributed by atoms with Crippen LogP contribution in [0.4, 0.5) is 0 Å². The summed E-state index contributed by atoms with van der Waals surface area (Å²) in [5.74, 6) is -0.196. The Morgan fingerprint density at radius 1 is 1.47 bits per heavy atom. The van der Waals surface area contributed by atoms with E-state index in [9.17, 15) is 9.59 Å². The van der Waals surface area contributed by atoms with Crippen LogP contribution in [0.1, 0.15) is 32.1 Å². The molecule has 0 aromatic rings. The lowest BCUT2D eigenvalue weighted by Gasteiger charge is -2.21. The minimum atomic E-state index is -0.347. The van der Waals surface area contributed by atoms with Crippen LogP contribution in [0, 0.1) is 0 Å². The molecule has 0 saturated carbocycles. The molecule has 5 heteroatoms. The van der Waals surface area contributed by atoms with Crippen molar-refractivity contribution >= 4 is 11.8 Å². The molecule has 0 aromatic heterocycles. The molecule has 96 valence electrons. The Morgan fingerprint density at radius 3 is 3.06 bits per heavy atom. The Labute approximate surface area is 101 Å². The molecule has 0 aromatic carbocycles. The molecule has 2 aliphatic rings. The Kier molecular flexibility index (Phi) is 4.50. The third kappa shape index (κ3) is 3.78. The lowest BCUT2D eigenvalue weighted by atomic mass is 10.0. The van der Waals surface area contributed by atoms with E-state index in [1.54, 1.807) is 0 Å². The molecule has 2 unspecified atom stereocenters. The van der Waals surface area contributed by atoms with Crippen LogP contribution in [0.5, 0.6) is 0 Å². The molecular weight excluding hydrogens is 222 g/mol. The molecule has 2 aliphatic heterocycles. The maximum Gasteiger partial charge on any atom is 0.307 e. The van der Waals surface area contributed by atoms with E-state index in [0.717, 1.165) is 32.4 Å². The van der Waals surface area contributed by atoms with Crippen molar-refractivity contribution in [3.8, 4) is 0 Å². The molecule has 0 spiro atoms. The summed E-state index contributed by atoms with van der Waals surface area (Å²) in [7, 11) is 0. The van der Waals surface area contributed by atoms with Crippen molar-refractivity contribution in [2.75, 3.05) is 19.8 Å². The standard InChI is InChI=1S/C12H19NO4/c14-11-4-1-5-13-10(11)7-12(15)17-8-9-3-2-6-16-9/h9-10,13H,1-8H2. The number of esters is 1. The highest BCUT2D eigenvalue weighted by molar-refractivity contribution is 5.88. The number of carbonyl (C=O) groups is 2. The Hall–Kier alpha value is -0.940. The predicted octanol–water partition coefficient (Wildman–Crippen LogP) is 0.420. The van der Waals surface area contributed by atoms with Crippen LogP contribution in [-0.4, -0.2) is 43.7 Å². The van der Waals surface area contributed by atoms with Crippen LogP contribution in [0.15, 0.2) is 0 Å². The summed E-state index contributed by atoms with van der Waals surface area (Å²) in [6.45, 7) is 1.88. The van der Waals surface area contributed by atoms with E-state index in [2.05, 4.69) is 5.32 Å². The molecule has 5 nitrogen and oxygen atoms in total. The molecule has 2 rings (SSSR count). The van der Waals surface area contributed by atoms with Gasteiger partial charge in [-0.3, -0.25) is 9.59 Å². The molecule has 2 heterocycles. The minimum absolute atomic E-state index is 0.0500. The van der Waals surface area contributed by atoms with Crippen molar-refractivity contribution in [3.05, 3.63) is 0 Å². The molecule has 2 fully saturated rings. The van der Waals surface area contributed by atoms with Gasteiger partial charge in [-0.05, 0) is 25.8 Å². The summed E-state index contributed by atoms with van der Waals surface area (Å²) in [6.07, 6.45) is 3.61. The van der Waals surface area contributed by atoms with E-state index < -0.39 is 0 Å². The first kappa shape index (κ1) is 12.5. The van der Waals surface area contributed by atoms with Gasteiger partial charge in [0.15, 0.2) is 0 Å². The van der Waals surface area contributed by atoms with Gasteiger partial charge < -0.3 is 14.8 Å². The lowest BCUT2D eigenvalue weighted by molar-refractivity contribution is -0.148. The summed E-state index contributed by atoms with van der Waals surface area (Å²) >= 11 is 0. The molecule has 0 aliphatic carbocycles. The lowest BCUT2D eigenvalue weighted by Crippen LogP contribution is -2.43. The molecule has 0 bridgehead atoms. The van der Waals surface area contributed by atoms with E-state index in [4.69, 9.17) is 9.47 Å². The smallest absolute Gasteiger partial charge is 0.307 e. The summed E-state index contributed by atoms with van der Waals surface area (Å²) in [4.78, 5) is 23.0. The zero-order valence-corrected chi connectivity index (χ0v) is 9.94. The predicted molar refractivity (Wildman–Crippen MR) is 60.6 cm³/mol. The van der Waals surface area contributed by atoms with E-state index >= 15 is 0 Å². The number of hydrogen-bond acceptors (Lipinski definition) is 5. The third-order valence-corrected chi connectivity index (χ3v) is 3.20. The highest BCUT2D eigenvalue weighted by Crippen LogP contribution is 2.13. The van der Waals surface area contributed by atoms with E-state index in [-0.39, 0.29) is 30.3 Å². The maximum absolute atomic E-state index is 11.5. The van der Waals surface area contributed by atoms with Gasteiger partial charge in [-0.25, -0.2) is 0 Å². The number of nitrogens with one attached hydrogen (secondary N) is 1. The molecule has 0 amide bonds. The normalized spacial score (nSPS) is 29.3. The van der Waals surface area contributed by atoms with Gasteiger partial charge in [0.1, 0.15) is 12.4 Å². The number of ether oxygens (including phenoxy) is 2. The number of ketones is 1. The fraction of sp³-hybridized carbons (Fsp3) is 0.833. The Morgan fingerprint density at radius 2 is 2.35 bits per heavy atom. The van der Waals surface area contributed by atoms with Crippen molar-refractivity contribution < 1.29 is 19.1 Å². The fourth-order valence-corrected chi connectivity index (χ4v) is 2.20. The number of carbonyl (C=O) groups excluding carboxylic acids is 2. The zero-order valence-electron chi connectivity index (χ0n) is 9.94. The highest BCUT2D eigenvalue weighted by atomic mass is 16.6. The molecule has 2 saturated heterocycles. The summed E-state index contributed by atoms with van der Waals surface area (Å²) < 4.78 is 10.5. The topological polar surface area (TPSA) is 64.6 Å². The largest absolute Gasteiger partial charge is 0.463 e. The number of hydrogen-bond donors (Lipinski definition) is 1. The average Bonchev–Trinajstić information content (AvgIpc) is 2.82. The van der Waals surface area contributed by atoms with Gasteiger partial charge in [-0.15, -0.1) is 0 Å². The van der Waals surface area contributed by atoms with E-state index in [1.165, 1.54) is 0 Å². The second kappa shape index (κ2) is 6.12. The van der Waals surface area contributed by atoms with Crippen LogP contribution in [0.25, 0.3) is 0 Å². The van der Waals surface area contributed by atoms with Crippen LogP contribution in [0.2, 0.25) is 0 Å². The van der Waals surface area contributed by atoms with Crippen LogP contribution >= 0.6 is 0 Å². The van der Waals surface area contributed by atoms with Crippen molar-refractivity contribution in [3.63, 3.8) is 0 Å². The minimum Gasteiger partial charge on any atom is -0.463 e. The van der Waals surface area contributed by atoms with Gasteiger partial charge >= 0.3 is 5.97 Å². The van der Waals surface area contributed by atoms with E-state index in [0.29, 0.717) is 13.0 Å². The molecule has 0 radical (unpaired) electrons. The quantitative estimate of drug-likeness (QED) is 0.723. The van der Waals surface area contributed by atoms with Crippen molar-refractivity contribution in [2.24, 2.45) is 0 Å². The van der Waals surface area contributed by atoms with Crippen molar-refractivity contribution in [1.29, 1.82) is 0 Å². The maximum atomic E-state index is 11.5. The average molecular weight is 241 g/mol. The highest BCUT2D eigenvalue weighted by Gasteiger charge is 2.25. The summed E-state index contributed by atoms with van der Waals surface area (Å²) in [5.41, 5.74) is 0. The van der Waals surface area contributed by atoms with Crippen molar-refractivity contribution in [2.45, 2.75) is 44.2 Å². The summed E-state index contributed by atoms with van der Waals surface area (Å²) in [5, 5.41) is 3.05.